The Morgan fingerprint density at radius 1 is 0.952 bits per heavy atom. The second-order valence-electron chi connectivity index (χ2n) is 12.9. The summed E-state index contributed by atoms with van der Waals surface area (Å²) < 4.78 is 0. The first-order chi connectivity index (χ1) is 19.9. The van der Waals surface area contributed by atoms with Crippen LogP contribution in [-0.2, 0) is 0 Å². The van der Waals surface area contributed by atoms with Crippen molar-refractivity contribution in [3.8, 4) is 0 Å². The number of amides is 1. The molecule has 6 nitrogen and oxygen atoms in total. The van der Waals surface area contributed by atoms with Crippen LogP contribution in [0.4, 0.5) is 11.4 Å². The molecule has 3 aromatic rings. The summed E-state index contributed by atoms with van der Waals surface area (Å²) in [6, 6.07) is 19.6. The molecule has 3 aliphatic rings. The molecule has 1 unspecified atom stereocenters. The number of carboxylic acid groups (broad SMARTS) is 1. The Hall–Kier alpha value is -4.32. The summed E-state index contributed by atoms with van der Waals surface area (Å²) >= 11 is 0. The smallest absolute Gasteiger partial charge is 0.335 e. The summed E-state index contributed by atoms with van der Waals surface area (Å²) in [4.78, 5) is 29.8. The zero-order chi connectivity index (χ0) is 30.0. The van der Waals surface area contributed by atoms with Crippen molar-refractivity contribution in [3.63, 3.8) is 0 Å². The van der Waals surface area contributed by atoms with Crippen LogP contribution in [0.25, 0.3) is 5.57 Å². The molecule has 1 amide bonds. The predicted octanol–water partition coefficient (Wildman–Crippen LogP) is 7.46. The number of nitrogens with zero attached hydrogens (tertiary/aromatic N) is 2. The second-order valence-corrected chi connectivity index (χ2v) is 12.9. The van der Waals surface area contributed by atoms with Gasteiger partial charge in [0.2, 0.25) is 0 Å². The maximum Gasteiger partial charge on any atom is 0.335 e. The summed E-state index contributed by atoms with van der Waals surface area (Å²) in [5.74, 6) is -0.866. The van der Waals surface area contributed by atoms with E-state index in [2.05, 4.69) is 82.2 Å². The van der Waals surface area contributed by atoms with Crippen LogP contribution in [-0.4, -0.2) is 42.0 Å². The van der Waals surface area contributed by atoms with Crippen LogP contribution in [0.2, 0.25) is 0 Å². The number of fused-ring (bicyclic) bond motifs is 2. The van der Waals surface area contributed by atoms with Crippen LogP contribution in [0.5, 0.6) is 0 Å². The number of aromatic carboxylic acids is 1. The van der Waals surface area contributed by atoms with E-state index in [1.54, 1.807) is 12.1 Å². The normalized spacial score (nSPS) is 22.5. The number of hydrogen-bond acceptors (Lipinski definition) is 4. The van der Waals surface area contributed by atoms with Gasteiger partial charge in [-0.1, -0.05) is 68.8 Å². The Labute approximate surface area is 248 Å². The van der Waals surface area contributed by atoms with E-state index in [-0.39, 0.29) is 28.5 Å². The highest BCUT2D eigenvalue weighted by molar-refractivity contribution is 5.97. The van der Waals surface area contributed by atoms with Gasteiger partial charge >= 0.3 is 5.97 Å². The molecule has 6 rings (SSSR count). The summed E-state index contributed by atoms with van der Waals surface area (Å²) in [5.41, 5.74) is 9.88. The fourth-order valence-corrected chi connectivity index (χ4v) is 7.33. The molecule has 0 radical (unpaired) electrons. The maximum absolute atomic E-state index is 14.2. The van der Waals surface area contributed by atoms with E-state index >= 15 is 0 Å². The van der Waals surface area contributed by atoms with E-state index in [0.717, 1.165) is 34.5 Å². The molecule has 2 heterocycles. The Bertz CT molecular complexity index is 1670. The SMILES string of the molecule is Cc1cc2c(cc1C)N(C)C(c1ccccc1C(=O)N1CC=C3C(C)(C)C(c4ccc(C(=O)O)cc4)=CC[C@]3(C)C1)N2. The third kappa shape index (κ3) is 4.41. The molecule has 42 heavy (non-hydrogen) atoms. The van der Waals surface area contributed by atoms with Crippen LogP contribution >= 0.6 is 0 Å². The lowest BCUT2D eigenvalue weighted by atomic mass is 9.58. The van der Waals surface area contributed by atoms with Gasteiger partial charge in [-0.15, -0.1) is 0 Å². The Morgan fingerprint density at radius 3 is 2.36 bits per heavy atom. The highest BCUT2D eigenvalue weighted by atomic mass is 16.4. The first-order valence-electron chi connectivity index (χ1n) is 14.6. The minimum atomic E-state index is -0.919. The second kappa shape index (κ2) is 9.90. The van der Waals surface area contributed by atoms with Crippen LogP contribution in [0.3, 0.4) is 0 Å². The molecule has 6 heteroatoms. The predicted molar refractivity (Wildman–Crippen MR) is 169 cm³/mol. The van der Waals surface area contributed by atoms with Gasteiger partial charge in [0.15, 0.2) is 0 Å². The molecule has 0 bridgehead atoms. The van der Waals surface area contributed by atoms with Gasteiger partial charge in [0.25, 0.3) is 5.91 Å². The minimum absolute atomic E-state index is 0.0532. The van der Waals surface area contributed by atoms with E-state index in [1.165, 1.54) is 22.3 Å². The van der Waals surface area contributed by atoms with Crippen molar-refractivity contribution in [2.45, 2.75) is 47.2 Å². The van der Waals surface area contributed by atoms with E-state index in [9.17, 15) is 14.7 Å². The van der Waals surface area contributed by atoms with Crippen LogP contribution in [0.15, 0.2) is 78.4 Å². The zero-order valence-corrected chi connectivity index (χ0v) is 25.3. The molecule has 2 atom stereocenters. The summed E-state index contributed by atoms with van der Waals surface area (Å²) in [6.45, 7) is 12.2. The van der Waals surface area contributed by atoms with Crippen molar-refractivity contribution in [1.29, 1.82) is 0 Å². The van der Waals surface area contributed by atoms with Crippen LogP contribution < -0.4 is 10.2 Å². The van der Waals surface area contributed by atoms with Gasteiger partial charge in [-0.25, -0.2) is 4.79 Å². The monoisotopic (exact) mass is 561 g/mol. The number of rotatable bonds is 4. The van der Waals surface area contributed by atoms with Gasteiger partial charge in [0.1, 0.15) is 6.17 Å². The van der Waals surface area contributed by atoms with E-state index in [1.807, 2.05) is 35.2 Å². The molecule has 3 aromatic carbocycles. The Balaban J connectivity index is 1.27. The number of hydrogen-bond donors (Lipinski definition) is 2. The third-order valence-corrected chi connectivity index (χ3v) is 9.70. The molecular weight excluding hydrogens is 522 g/mol. The molecule has 0 saturated carbocycles. The van der Waals surface area contributed by atoms with E-state index in [4.69, 9.17) is 0 Å². The number of anilines is 2. The van der Waals surface area contributed by atoms with Crippen LogP contribution in [0.1, 0.15) is 76.3 Å². The van der Waals surface area contributed by atoms with Gasteiger partial charge in [-0.3, -0.25) is 4.79 Å². The number of aryl methyl sites for hydroxylation is 2. The largest absolute Gasteiger partial charge is 0.478 e. The van der Waals surface area contributed by atoms with Crippen molar-refractivity contribution in [1.82, 2.24) is 4.90 Å². The number of carboxylic acids is 1. The van der Waals surface area contributed by atoms with Gasteiger partial charge < -0.3 is 20.2 Å². The zero-order valence-electron chi connectivity index (χ0n) is 25.3. The van der Waals surface area contributed by atoms with Gasteiger partial charge in [-0.2, -0.15) is 0 Å². The fourth-order valence-electron chi connectivity index (χ4n) is 7.33. The van der Waals surface area contributed by atoms with Crippen molar-refractivity contribution in [2.24, 2.45) is 10.8 Å². The molecule has 2 aliphatic heterocycles. The average molecular weight is 562 g/mol. The van der Waals surface area contributed by atoms with Crippen molar-refractivity contribution in [3.05, 3.63) is 112 Å². The van der Waals surface area contributed by atoms with E-state index in [0.29, 0.717) is 13.1 Å². The molecule has 1 aliphatic carbocycles. The maximum atomic E-state index is 14.2. The third-order valence-electron chi connectivity index (χ3n) is 9.70. The summed E-state index contributed by atoms with van der Waals surface area (Å²) in [6.07, 6.45) is 5.22. The van der Waals surface area contributed by atoms with Crippen molar-refractivity contribution in [2.75, 3.05) is 30.4 Å². The molecular formula is C36H39N3O3. The van der Waals surface area contributed by atoms with Gasteiger partial charge in [-0.05, 0) is 72.9 Å². The first kappa shape index (κ1) is 27.8. The number of benzene rings is 3. The number of carbonyl (C=O) groups excluding carboxylic acids is 1. The Kier molecular flexibility index (Phi) is 6.56. The molecule has 2 N–H and O–H groups in total. The van der Waals surface area contributed by atoms with E-state index < -0.39 is 5.97 Å². The van der Waals surface area contributed by atoms with Gasteiger partial charge in [0.05, 0.1) is 16.9 Å². The lowest BCUT2D eigenvalue weighted by Gasteiger charge is -2.50. The summed E-state index contributed by atoms with van der Waals surface area (Å²) in [7, 11) is 2.08. The van der Waals surface area contributed by atoms with Crippen molar-refractivity contribution >= 4 is 28.8 Å². The molecule has 0 spiro atoms. The number of allylic oxidation sites excluding steroid dienone is 2. The van der Waals surface area contributed by atoms with Crippen molar-refractivity contribution < 1.29 is 14.7 Å². The molecule has 0 aromatic heterocycles. The Morgan fingerprint density at radius 2 is 1.64 bits per heavy atom. The molecule has 0 fully saturated rings. The lowest BCUT2D eigenvalue weighted by molar-refractivity contribution is 0.0677. The number of nitrogens with one attached hydrogen (secondary N) is 1. The highest BCUT2D eigenvalue weighted by Gasteiger charge is 2.46. The molecule has 0 saturated heterocycles. The molecule has 216 valence electrons. The van der Waals surface area contributed by atoms with Gasteiger partial charge in [0, 0.05) is 42.1 Å². The number of carbonyl (C=O) groups is 2. The lowest BCUT2D eigenvalue weighted by Crippen LogP contribution is -2.49. The topological polar surface area (TPSA) is 72.9 Å². The summed E-state index contributed by atoms with van der Waals surface area (Å²) in [5, 5.41) is 13.0. The highest BCUT2D eigenvalue weighted by Crippen LogP contribution is 2.55. The fraction of sp³-hybridized carbons (Fsp3) is 0.333. The first-order valence-corrected chi connectivity index (χ1v) is 14.6. The minimum Gasteiger partial charge on any atom is -0.478 e. The average Bonchev–Trinajstić information content (AvgIpc) is 3.27. The quantitative estimate of drug-likeness (QED) is 0.324. The van der Waals surface area contributed by atoms with Crippen LogP contribution in [0, 0.1) is 24.7 Å². The standard InChI is InChI=1S/C36H39N3O3/c1-22-19-29-30(20-23(22)2)38(6)32(37-29)26-9-7-8-10-27(26)33(40)39-18-16-31-35(3,4)28(15-17-36(31,5)21-39)24-11-13-25(14-12-24)34(41)42/h7-16,19-20,32,37H,17-18,21H2,1-6H3,(H,41,42)/t32?,36-/m1/s1.